The van der Waals surface area contributed by atoms with Gasteiger partial charge >= 0.3 is 0 Å². The highest BCUT2D eigenvalue weighted by atomic mass is 16.5. The Labute approximate surface area is 101 Å². The summed E-state index contributed by atoms with van der Waals surface area (Å²) >= 11 is 0. The monoisotopic (exact) mass is 238 g/mol. The zero-order valence-electron chi connectivity index (χ0n) is 9.98. The number of nitrogens with one attached hydrogen (secondary N) is 1. The lowest BCUT2D eigenvalue weighted by atomic mass is 9.94. The summed E-state index contributed by atoms with van der Waals surface area (Å²) in [6, 6.07) is 3.67. The zero-order valence-corrected chi connectivity index (χ0v) is 9.98. The maximum atomic E-state index is 10.2. The molecule has 0 saturated carbocycles. The topological polar surface area (TPSA) is 63.6 Å². The first-order valence-electron chi connectivity index (χ1n) is 5.76. The number of ether oxygens (including phenoxy) is 2. The zero-order chi connectivity index (χ0) is 12.1. The van der Waals surface area contributed by atoms with E-state index in [-0.39, 0.29) is 0 Å². The first-order chi connectivity index (χ1) is 8.22. The molecule has 1 aliphatic heterocycles. The van der Waals surface area contributed by atoms with Crippen LogP contribution in [0.1, 0.15) is 12.8 Å². The van der Waals surface area contributed by atoms with Crippen molar-refractivity contribution in [3.63, 3.8) is 0 Å². The summed E-state index contributed by atoms with van der Waals surface area (Å²) in [5.41, 5.74) is -0.681. The van der Waals surface area contributed by atoms with Gasteiger partial charge in [0.1, 0.15) is 11.6 Å². The van der Waals surface area contributed by atoms with Gasteiger partial charge in [-0.05, 0) is 12.1 Å². The highest BCUT2D eigenvalue weighted by molar-refractivity contribution is 5.37. The van der Waals surface area contributed by atoms with E-state index in [9.17, 15) is 5.11 Å². The third kappa shape index (κ3) is 3.31. The predicted molar refractivity (Wildman–Crippen MR) is 64.3 cm³/mol. The van der Waals surface area contributed by atoms with Gasteiger partial charge in [0.15, 0.2) is 0 Å². The van der Waals surface area contributed by atoms with Gasteiger partial charge in [-0.1, -0.05) is 0 Å². The van der Waals surface area contributed by atoms with E-state index in [1.165, 1.54) is 0 Å². The molecule has 0 aliphatic carbocycles. The van der Waals surface area contributed by atoms with E-state index < -0.39 is 5.60 Å². The number of pyridine rings is 1. The molecule has 94 valence electrons. The number of aliphatic hydroxyl groups is 1. The minimum absolute atomic E-state index is 0.496. The lowest BCUT2D eigenvalue weighted by Crippen LogP contribution is -2.42. The number of rotatable bonds is 4. The molecule has 2 heterocycles. The van der Waals surface area contributed by atoms with Crippen molar-refractivity contribution in [2.45, 2.75) is 18.4 Å². The van der Waals surface area contributed by atoms with Crippen molar-refractivity contribution in [3.05, 3.63) is 18.3 Å². The van der Waals surface area contributed by atoms with E-state index >= 15 is 0 Å². The Hall–Kier alpha value is -1.33. The van der Waals surface area contributed by atoms with Crippen LogP contribution in [0, 0.1) is 0 Å². The predicted octanol–water partition coefficient (Wildman–Crippen LogP) is 1.04. The van der Waals surface area contributed by atoms with Crippen molar-refractivity contribution in [3.8, 4) is 5.75 Å². The average Bonchev–Trinajstić information content (AvgIpc) is 2.38. The van der Waals surface area contributed by atoms with Gasteiger partial charge in [0, 0.05) is 32.6 Å². The molecule has 1 aliphatic rings. The lowest BCUT2D eigenvalue weighted by Gasteiger charge is -2.32. The van der Waals surface area contributed by atoms with Crippen LogP contribution >= 0.6 is 0 Å². The number of anilines is 1. The molecule has 17 heavy (non-hydrogen) atoms. The Bertz CT molecular complexity index is 347. The van der Waals surface area contributed by atoms with Crippen LogP contribution in [0.4, 0.5) is 5.82 Å². The van der Waals surface area contributed by atoms with Crippen LogP contribution in [0.25, 0.3) is 0 Å². The number of hydrogen-bond acceptors (Lipinski definition) is 5. The molecular formula is C12H18N2O3. The summed E-state index contributed by atoms with van der Waals surface area (Å²) in [6.45, 7) is 1.73. The highest BCUT2D eigenvalue weighted by Crippen LogP contribution is 2.21. The SMILES string of the molecule is COc1ccc(NCC2(O)CCOCC2)nc1. The molecule has 0 bridgehead atoms. The van der Waals surface area contributed by atoms with E-state index in [1.807, 2.05) is 12.1 Å². The molecule has 0 aromatic carbocycles. The molecule has 1 fully saturated rings. The van der Waals surface area contributed by atoms with E-state index in [0.717, 1.165) is 11.6 Å². The second-order valence-electron chi connectivity index (χ2n) is 4.27. The Morgan fingerprint density at radius 3 is 2.82 bits per heavy atom. The minimum Gasteiger partial charge on any atom is -0.495 e. The van der Waals surface area contributed by atoms with Crippen LogP contribution < -0.4 is 10.1 Å². The molecule has 1 aromatic heterocycles. The summed E-state index contributed by atoms with van der Waals surface area (Å²) in [4.78, 5) is 4.19. The summed E-state index contributed by atoms with van der Waals surface area (Å²) in [5.74, 6) is 1.46. The fourth-order valence-electron chi connectivity index (χ4n) is 1.79. The van der Waals surface area contributed by atoms with Crippen LogP contribution in [0.3, 0.4) is 0 Å². The van der Waals surface area contributed by atoms with Crippen LogP contribution in [0.15, 0.2) is 18.3 Å². The van der Waals surface area contributed by atoms with Crippen molar-refractivity contribution in [1.82, 2.24) is 4.98 Å². The molecule has 0 radical (unpaired) electrons. The van der Waals surface area contributed by atoms with Gasteiger partial charge in [0.05, 0.1) is 18.9 Å². The average molecular weight is 238 g/mol. The molecule has 0 atom stereocenters. The van der Waals surface area contributed by atoms with Gasteiger partial charge in [0.25, 0.3) is 0 Å². The van der Waals surface area contributed by atoms with Crippen molar-refractivity contribution in [2.24, 2.45) is 0 Å². The van der Waals surface area contributed by atoms with E-state index in [0.29, 0.717) is 32.6 Å². The summed E-state index contributed by atoms with van der Waals surface area (Å²) < 4.78 is 10.3. The van der Waals surface area contributed by atoms with Crippen LogP contribution in [-0.4, -0.2) is 42.6 Å². The van der Waals surface area contributed by atoms with Crippen molar-refractivity contribution < 1.29 is 14.6 Å². The first-order valence-corrected chi connectivity index (χ1v) is 5.76. The molecule has 1 aromatic rings. The van der Waals surface area contributed by atoms with E-state index in [2.05, 4.69) is 10.3 Å². The summed E-state index contributed by atoms with van der Waals surface area (Å²) in [6.07, 6.45) is 2.97. The Balaban J connectivity index is 1.87. The second-order valence-corrected chi connectivity index (χ2v) is 4.27. The Kier molecular flexibility index (Phi) is 3.81. The number of methoxy groups -OCH3 is 1. The maximum Gasteiger partial charge on any atom is 0.137 e. The molecular weight excluding hydrogens is 220 g/mol. The van der Waals surface area contributed by atoms with Gasteiger partial charge in [-0.25, -0.2) is 4.98 Å². The Morgan fingerprint density at radius 1 is 1.47 bits per heavy atom. The van der Waals surface area contributed by atoms with Crippen molar-refractivity contribution in [2.75, 3.05) is 32.2 Å². The van der Waals surface area contributed by atoms with E-state index in [4.69, 9.17) is 9.47 Å². The fourth-order valence-corrected chi connectivity index (χ4v) is 1.79. The smallest absolute Gasteiger partial charge is 0.137 e. The largest absolute Gasteiger partial charge is 0.495 e. The van der Waals surface area contributed by atoms with Gasteiger partial charge < -0.3 is 19.9 Å². The summed E-state index contributed by atoms with van der Waals surface area (Å²) in [7, 11) is 1.61. The molecule has 5 nitrogen and oxygen atoms in total. The van der Waals surface area contributed by atoms with Crippen LogP contribution in [-0.2, 0) is 4.74 Å². The minimum atomic E-state index is -0.681. The number of nitrogens with zero attached hydrogens (tertiary/aromatic N) is 1. The van der Waals surface area contributed by atoms with Gasteiger partial charge in [-0.3, -0.25) is 0 Å². The molecule has 0 spiro atoms. The third-order valence-corrected chi connectivity index (χ3v) is 2.99. The number of aromatic nitrogens is 1. The van der Waals surface area contributed by atoms with Crippen LogP contribution in [0.2, 0.25) is 0 Å². The number of hydrogen-bond donors (Lipinski definition) is 2. The van der Waals surface area contributed by atoms with E-state index in [1.54, 1.807) is 13.3 Å². The van der Waals surface area contributed by atoms with Crippen LogP contribution in [0.5, 0.6) is 5.75 Å². The van der Waals surface area contributed by atoms with Crippen molar-refractivity contribution in [1.29, 1.82) is 0 Å². The standard InChI is InChI=1S/C12H18N2O3/c1-16-10-2-3-11(13-8-10)14-9-12(15)4-6-17-7-5-12/h2-3,8,15H,4-7,9H2,1H3,(H,13,14). The fraction of sp³-hybridized carbons (Fsp3) is 0.583. The third-order valence-electron chi connectivity index (χ3n) is 2.99. The maximum absolute atomic E-state index is 10.2. The highest BCUT2D eigenvalue weighted by Gasteiger charge is 2.29. The molecule has 1 saturated heterocycles. The molecule has 5 heteroatoms. The molecule has 2 rings (SSSR count). The first kappa shape index (κ1) is 12.1. The second kappa shape index (κ2) is 5.33. The van der Waals surface area contributed by atoms with Gasteiger partial charge in [-0.15, -0.1) is 0 Å². The molecule has 0 unspecified atom stereocenters. The molecule has 2 N–H and O–H groups in total. The van der Waals surface area contributed by atoms with Crippen molar-refractivity contribution >= 4 is 5.82 Å². The Morgan fingerprint density at radius 2 is 2.24 bits per heavy atom. The van der Waals surface area contributed by atoms with Gasteiger partial charge in [0.2, 0.25) is 0 Å². The quantitative estimate of drug-likeness (QED) is 0.820. The van der Waals surface area contributed by atoms with Gasteiger partial charge in [-0.2, -0.15) is 0 Å². The molecule has 0 amide bonds. The lowest BCUT2D eigenvalue weighted by molar-refractivity contribution is -0.0543. The summed E-state index contributed by atoms with van der Waals surface area (Å²) in [5, 5.41) is 13.4. The normalized spacial score (nSPS) is 18.7.